The van der Waals surface area contributed by atoms with E-state index in [0.29, 0.717) is 34.5 Å². The Hall–Kier alpha value is -3.55. The molecule has 8 heteroatoms. The topological polar surface area (TPSA) is 102 Å². The van der Waals surface area contributed by atoms with E-state index in [1.807, 2.05) is 13.0 Å². The first-order chi connectivity index (χ1) is 12.5. The number of hydrogen-bond donors (Lipinski definition) is 1. The van der Waals surface area contributed by atoms with E-state index < -0.39 is 4.92 Å². The van der Waals surface area contributed by atoms with E-state index in [-0.39, 0.29) is 11.2 Å². The smallest absolute Gasteiger partial charge is 0.272 e. The molecule has 0 spiro atoms. The maximum atomic E-state index is 12.5. The highest BCUT2D eigenvalue weighted by molar-refractivity contribution is 5.82. The van der Waals surface area contributed by atoms with Gasteiger partial charge >= 0.3 is 0 Å². The van der Waals surface area contributed by atoms with Gasteiger partial charge in [0.1, 0.15) is 0 Å². The molecule has 1 aromatic heterocycles. The summed E-state index contributed by atoms with van der Waals surface area (Å²) in [6.07, 6.45) is 1.45. The van der Waals surface area contributed by atoms with Crippen molar-refractivity contribution in [2.24, 2.45) is 5.10 Å². The highest BCUT2D eigenvalue weighted by Crippen LogP contribution is 2.18. The van der Waals surface area contributed by atoms with E-state index >= 15 is 0 Å². The van der Waals surface area contributed by atoms with Crippen LogP contribution in [-0.4, -0.2) is 20.7 Å². The lowest BCUT2D eigenvalue weighted by Gasteiger charge is -2.10. The Morgan fingerprint density at radius 2 is 2.08 bits per heavy atom. The largest absolute Gasteiger partial charge is 0.277 e. The van der Waals surface area contributed by atoms with Crippen LogP contribution in [0.1, 0.15) is 18.1 Å². The van der Waals surface area contributed by atoms with Gasteiger partial charge in [-0.1, -0.05) is 24.3 Å². The number of nitro groups is 1. The number of nitrogens with one attached hydrogen (secondary N) is 1. The molecule has 1 N–H and O–H groups in total. The molecular formula is C18H17N5O3. The maximum absolute atomic E-state index is 12.5. The van der Waals surface area contributed by atoms with Crippen molar-refractivity contribution in [3.8, 4) is 0 Å². The Labute approximate surface area is 149 Å². The van der Waals surface area contributed by atoms with Gasteiger partial charge in [0.15, 0.2) is 0 Å². The normalized spacial score (nSPS) is 11.2. The van der Waals surface area contributed by atoms with Gasteiger partial charge in [-0.15, -0.1) is 0 Å². The van der Waals surface area contributed by atoms with Crippen LogP contribution in [0.25, 0.3) is 10.9 Å². The van der Waals surface area contributed by atoms with Crippen LogP contribution in [0.4, 0.5) is 11.6 Å². The third kappa shape index (κ3) is 3.30. The van der Waals surface area contributed by atoms with Crippen molar-refractivity contribution in [2.75, 3.05) is 5.43 Å². The standard InChI is InChI=1S/C18H17N5O3/c1-3-22-17(24)14-6-4-5-7-15(14)20-18(22)21-19-11-13-9-8-12(2)16(10-13)23(25)26/h4-11H,3H2,1-2H3,(H,20,21)/b19-11-. The number of aromatic nitrogens is 2. The Morgan fingerprint density at radius 1 is 1.31 bits per heavy atom. The van der Waals surface area contributed by atoms with Crippen molar-refractivity contribution >= 4 is 28.8 Å². The minimum absolute atomic E-state index is 0.0308. The zero-order chi connectivity index (χ0) is 18.7. The van der Waals surface area contributed by atoms with E-state index in [1.165, 1.54) is 16.8 Å². The average Bonchev–Trinajstić information content (AvgIpc) is 2.63. The molecule has 1 heterocycles. The molecular weight excluding hydrogens is 334 g/mol. The fourth-order valence-corrected chi connectivity index (χ4v) is 2.61. The number of rotatable bonds is 5. The Bertz CT molecular complexity index is 1070. The van der Waals surface area contributed by atoms with Crippen LogP contribution < -0.4 is 11.0 Å². The predicted octanol–water partition coefficient (Wildman–Crippen LogP) is 3.08. The molecule has 0 atom stereocenters. The number of benzene rings is 2. The fraction of sp³-hybridized carbons (Fsp3) is 0.167. The van der Waals surface area contributed by atoms with Crippen LogP contribution >= 0.6 is 0 Å². The number of aryl methyl sites for hydroxylation is 1. The number of para-hydroxylation sites is 1. The van der Waals surface area contributed by atoms with Crippen LogP contribution in [-0.2, 0) is 6.54 Å². The Balaban J connectivity index is 1.92. The van der Waals surface area contributed by atoms with Crippen molar-refractivity contribution in [3.63, 3.8) is 0 Å². The van der Waals surface area contributed by atoms with Gasteiger partial charge in [0.2, 0.25) is 5.95 Å². The number of hydrogen-bond acceptors (Lipinski definition) is 6. The van der Waals surface area contributed by atoms with Crippen LogP contribution in [0.3, 0.4) is 0 Å². The number of nitro benzene ring substituents is 1. The number of anilines is 1. The lowest BCUT2D eigenvalue weighted by atomic mass is 10.1. The van der Waals surface area contributed by atoms with Crippen molar-refractivity contribution in [1.82, 2.24) is 9.55 Å². The second-order valence-electron chi connectivity index (χ2n) is 5.68. The monoisotopic (exact) mass is 351 g/mol. The molecule has 2 aromatic carbocycles. The van der Waals surface area contributed by atoms with Crippen molar-refractivity contribution in [1.29, 1.82) is 0 Å². The zero-order valence-corrected chi connectivity index (χ0v) is 14.3. The first-order valence-corrected chi connectivity index (χ1v) is 8.05. The Kier molecular flexibility index (Phi) is 4.74. The lowest BCUT2D eigenvalue weighted by molar-refractivity contribution is -0.385. The zero-order valence-electron chi connectivity index (χ0n) is 14.3. The molecule has 0 aliphatic carbocycles. The number of nitrogens with zero attached hydrogens (tertiary/aromatic N) is 4. The predicted molar refractivity (Wildman–Crippen MR) is 101 cm³/mol. The molecule has 0 saturated heterocycles. The summed E-state index contributed by atoms with van der Waals surface area (Å²) < 4.78 is 1.48. The first-order valence-electron chi connectivity index (χ1n) is 8.05. The Morgan fingerprint density at radius 3 is 2.81 bits per heavy atom. The highest BCUT2D eigenvalue weighted by Gasteiger charge is 2.11. The minimum atomic E-state index is -0.431. The van der Waals surface area contributed by atoms with Crippen LogP contribution in [0.5, 0.6) is 0 Å². The molecule has 0 saturated carbocycles. The van der Waals surface area contributed by atoms with Gasteiger partial charge in [-0.3, -0.25) is 19.5 Å². The van der Waals surface area contributed by atoms with Gasteiger partial charge in [0.05, 0.1) is 22.0 Å². The highest BCUT2D eigenvalue weighted by atomic mass is 16.6. The molecule has 0 aliphatic heterocycles. The minimum Gasteiger partial charge on any atom is -0.277 e. The summed E-state index contributed by atoms with van der Waals surface area (Å²) in [7, 11) is 0. The second kappa shape index (κ2) is 7.14. The summed E-state index contributed by atoms with van der Waals surface area (Å²) in [4.78, 5) is 27.5. The summed E-state index contributed by atoms with van der Waals surface area (Å²) >= 11 is 0. The summed E-state index contributed by atoms with van der Waals surface area (Å²) in [6.45, 7) is 3.96. The van der Waals surface area contributed by atoms with Crippen LogP contribution in [0.2, 0.25) is 0 Å². The SMILES string of the molecule is CCn1c(N/N=C\c2ccc(C)c([N+](=O)[O-])c2)nc2ccccc2c1=O. The molecule has 0 bridgehead atoms. The van der Waals surface area contributed by atoms with Crippen molar-refractivity contribution in [3.05, 3.63) is 74.1 Å². The van der Waals surface area contributed by atoms with Crippen LogP contribution in [0.15, 0.2) is 52.4 Å². The fourth-order valence-electron chi connectivity index (χ4n) is 2.61. The molecule has 3 aromatic rings. The number of fused-ring (bicyclic) bond motifs is 1. The molecule has 26 heavy (non-hydrogen) atoms. The van der Waals surface area contributed by atoms with Gasteiger partial charge in [0, 0.05) is 23.7 Å². The van der Waals surface area contributed by atoms with E-state index in [9.17, 15) is 14.9 Å². The van der Waals surface area contributed by atoms with Gasteiger partial charge in [-0.05, 0) is 26.0 Å². The third-order valence-corrected chi connectivity index (χ3v) is 3.99. The summed E-state index contributed by atoms with van der Waals surface area (Å²) in [5.74, 6) is 0.314. The van der Waals surface area contributed by atoms with E-state index in [4.69, 9.17) is 0 Å². The molecule has 0 unspecified atom stereocenters. The third-order valence-electron chi connectivity index (χ3n) is 3.99. The van der Waals surface area contributed by atoms with Crippen molar-refractivity contribution < 1.29 is 4.92 Å². The molecule has 0 amide bonds. The molecule has 3 rings (SSSR count). The van der Waals surface area contributed by atoms with E-state index in [0.717, 1.165) is 0 Å². The first kappa shape index (κ1) is 17.3. The van der Waals surface area contributed by atoms with Crippen LogP contribution in [0, 0.1) is 17.0 Å². The van der Waals surface area contributed by atoms with E-state index in [1.54, 1.807) is 37.3 Å². The van der Waals surface area contributed by atoms with Gasteiger partial charge in [0.25, 0.3) is 11.2 Å². The van der Waals surface area contributed by atoms with Gasteiger partial charge in [-0.25, -0.2) is 10.4 Å². The summed E-state index contributed by atoms with van der Waals surface area (Å²) in [5.41, 5.74) is 4.37. The maximum Gasteiger partial charge on any atom is 0.272 e. The van der Waals surface area contributed by atoms with Gasteiger partial charge < -0.3 is 0 Å². The van der Waals surface area contributed by atoms with E-state index in [2.05, 4.69) is 15.5 Å². The second-order valence-corrected chi connectivity index (χ2v) is 5.68. The molecule has 0 aliphatic rings. The lowest BCUT2D eigenvalue weighted by Crippen LogP contribution is -2.23. The molecule has 0 radical (unpaired) electrons. The quantitative estimate of drug-likeness (QED) is 0.432. The molecule has 0 fully saturated rings. The average molecular weight is 351 g/mol. The number of hydrazone groups is 1. The summed E-state index contributed by atoms with van der Waals surface area (Å²) in [6, 6.07) is 11.9. The van der Waals surface area contributed by atoms with Crippen molar-refractivity contribution in [2.45, 2.75) is 20.4 Å². The molecule has 8 nitrogen and oxygen atoms in total. The van der Waals surface area contributed by atoms with Gasteiger partial charge in [-0.2, -0.15) is 5.10 Å². The summed E-state index contributed by atoms with van der Waals surface area (Å²) in [5, 5.41) is 15.6. The molecule has 132 valence electrons.